The zero-order valence-electron chi connectivity index (χ0n) is 3.30. The molecule has 0 aromatic heterocycles. The van der Waals surface area contributed by atoms with Gasteiger partial charge in [-0.1, -0.05) is 0 Å². The highest BCUT2D eigenvalue weighted by Gasteiger charge is 1.75. The fraction of sp³-hybridized carbons (Fsp3) is 0.333. The van der Waals surface area contributed by atoms with Crippen LogP contribution in [0.2, 0.25) is 0 Å². The first-order chi connectivity index (χ1) is 2.77. The van der Waals surface area contributed by atoms with E-state index < -0.39 is 0 Å². The maximum atomic E-state index is 9.77. The Labute approximate surface area is 39.2 Å². The Morgan fingerprint density at radius 1 is 1.83 bits per heavy atom. The molecule has 0 bridgehead atoms. The van der Waals surface area contributed by atoms with Gasteiger partial charge in [-0.2, -0.15) is 0 Å². The second kappa shape index (κ2) is 2.78. The fourth-order valence-electron chi connectivity index (χ4n) is 0.0678. The summed E-state index contributed by atoms with van der Waals surface area (Å²) in [4.78, 5) is 9.77. The van der Waals surface area contributed by atoms with E-state index in [2.05, 4.69) is 0 Å². The minimum atomic E-state index is -0.185. The number of ketones is 1. The van der Waals surface area contributed by atoms with Gasteiger partial charge in [0.2, 0.25) is 0 Å². The van der Waals surface area contributed by atoms with E-state index >= 15 is 0 Å². The third kappa shape index (κ3) is 3.56. The van der Waals surface area contributed by atoms with Gasteiger partial charge in [0, 0.05) is 0 Å². The largest absolute Gasteiger partial charge is 0.294 e. The first-order valence-electron chi connectivity index (χ1n) is 1.40. The van der Waals surface area contributed by atoms with E-state index in [9.17, 15) is 9.00 Å². The lowest BCUT2D eigenvalue weighted by molar-refractivity contribution is -0.110. The first-order valence-corrected chi connectivity index (χ1v) is 2.20. The molecule has 0 N–H and O–H groups in total. The average Bonchev–Trinajstić information content (AvgIpc) is 1.35. The summed E-state index contributed by atoms with van der Waals surface area (Å²) in [5.41, 5.74) is 0. The van der Waals surface area contributed by atoms with Crippen LogP contribution in [0.4, 0.5) is 0 Å². The van der Waals surface area contributed by atoms with Crippen LogP contribution in [-0.2, 0) is 16.1 Å². The van der Waals surface area contributed by atoms with Crippen molar-refractivity contribution in [1.82, 2.24) is 0 Å². The molecule has 0 saturated carbocycles. The molecule has 0 aliphatic carbocycles. The molecule has 0 aromatic carbocycles. The molecule has 34 valence electrons. The van der Waals surface area contributed by atoms with Crippen LogP contribution in [0.5, 0.6) is 0 Å². The predicted octanol–water partition coefficient (Wildman–Crippen LogP) is -0.409. The van der Waals surface area contributed by atoms with Crippen molar-refractivity contribution >= 4 is 22.4 Å². The zero-order chi connectivity index (χ0) is 4.99. The first kappa shape index (κ1) is 5.56. The number of Topliss-reactive ketones (excluding diaryl/α,β-unsaturated/α-hetero) is 1. The van der Waals surface area contributed by atoms with Crippen molar-refractivity contribution in [2.24, 2.45) is 0 Å². The molecule has 0 unspecified atom stereocenters. The molecule has 3 heteroatoms. The van der Waals surface area contributed by atoms with Crippen LogP contribution in [0.3, 0.4) is 0 Å². The highest BCUT2D eigenvalue weighted by molar-refractivity contribution is 7.66. The number of carbonyl (C=O) groups is 1. The van der Waals surface area contributed by atoms with Crippen molar-refractivity contribution in [3.63, 3.8) is 0 Å². The molecule has 0 amide bonds. The van der Waals surface area contributed by atoms with Gasteiger partial charge in [0.1, 0.15) is 0 Å². The van der Waals surface area contributed by atoms with Gasteiger partial charge in [0.15, 0.2) is 5.78 Å². The van der Waals surface area contributed by atoms with Crippen molar-refractivity contribution in [2.75, 3.05) is 0 Å². The summed E-state index contributed by atoms with van der Waals surface area (Å²) in [7, 11) is 0. The lowest BCUT2D eigenvalue weighted by Gasteiger charge is -1.60. The van der Waals surface area contributed by atoms with Crippen molar-refractivity contribution in [3.05, 3.63) is 0 Å². The van der Waals surface area contributed by atoms with E-state index in [4.69, 9.17) is 0 Å². The lowest BCUT2D eigenvalue weighted by Crippen LogP contribution is -1.86. The molecule has 0 saturated heterocycles. The minimum Gasteiger partial charge on any atom is -0.294 e. The van der Waals surface area contributed by atoms with Gasteiger partial charge in [-0.25, -0.2) is 4.21 Å². The topological polar surface area (TPSA) is 34.1 Å². The Kier molecular flexibility index (Phi) is 2.58. The van der Waals surface area contributed by atoms with Gasteiger partial charge in [-0.05, 0) is 6.92 Å². The Hall–Kier alpha value is -0.440. The van der Waals surface area contributed by atoms with Gasteiger partial charge >= 0.3 is 0 Å². The lowest BCUT2D eigenvalue weighted by atomic mass is 10.5. The van der Waals surface area contributed by atoms with Crippen LogP contribution in [0.25, 0.3) is 0 Å². The monoisotopic (exact) mass is 104 g/mol. The van der Waals surface area contributed by atoms with Crippen molar-refractivity contribution < 1.29 is 9.00 Å². The molecule has 0 heterocycles. The number of hydrogen-bond donors (Lipinski definition) is 0. The van der Waals surface area contributed by atoms with Crippen LogP contribution in [0.1, 0.15) is 6.92 Å². The molecule has 6 heavy (non-hydrogen) atoms. The van der Waals surface area contributed by atoms with Gasteiger partial charge < -0.3 is 0 Å². The van der Waals surface area contributed by atoms with E-state index in [-0.39, 0.29) is 17.0 Å². The molecular weight excluding hydrogens is 100 g/mol. The summed E-state index contributed by atoms with van der Waals surface area (Å²) in [5.74, 6) is -0.185. The highest BCUT2D eigenvalue weighted by atomic mass is 32.1. The number of carbonyl (C=O) groups excluding carboxylic acids is 1. The third-order valence-corrected chi connectivity index (χ3v) is 0.642. The van der Waals surface area contributed by atoms with E-state index in [1.165, 1.54) is 6.92 Å². The summed E-state index contributed by atoms with van der Waals surface area (Å²) >= 11 is 0.185. The van der Waals surface area contributed by atoms with E-state index in [1.54, 1.807) is 0 Å². The highest BCUT2D eigenvalue weighted by Crippen LogP contribution is 1.50. The molecule has 0 aliphatic rings. The zero-order valence-corrected chi connectivity index (χ0v) is 4.12. The normalized spacial score (nSPS) is 6.83. The SMILES string of the molecule is CC(=O)C=S=O. The standard InChI is InChI=1S/C3H4O2S/c1-3(4)2-6-5/h2H,1H3. The Balaban J connectivity index is 3.60. The quantitative estimate of drug-likeness (QED) is 0.424. The van der Waals surface area contributed by atoms with Gasteiger partial charge in [0.25, 0.3) is 0 Å². The van der Waals surface area contributed by atoms with Gasteiger partial charge in [-0.3, -0.25) is 4.79 Å². The van der Waals surface area contributed by atoms with Crippen LogP contribution in [0.15, 0.2) is 0 Å². The molecule has 0 aromatic rings. The average molecular weight is 104 g/mol. The minimum absolute atomic E-state index is 0.185. The summed E-state index contributed by atoms with van der Waals surface area (Å²) in [6, 6.07) is 0. The number of hydrogen-bond acceptors (Lipinski definition) is 2. The Morgan fingerprint density at radius 2 is 2.33 bits per heavy atom. The maximum absolute atomic E-state index is 9.77. The smallest absolute Gasteiger partial charge is 0.165 e. The van der Waals surface area contributed by atoms with Crippen LogP contribution in [-0.4, -0.2) is 15.4 Å². The van der Waals surface area contributed by atoms with Crippen LogP contribution in [0, 0.1) is 0 Å². The molecule has 0 rings (SSSR count). The van der Waals surface area contributed by atoms with Gasteiger partial charge in [0.05, 0.1) is 16.6 Å². The van der Waals surface area contributed by atoms with E-state index in [0.29, 0.717) is 0 Å². The predicted molar refractivity (Wildman–Crippen MR) is 24.9 cm³/mol. The number of rotatable bonds is 1. The van der Waals surface area contributed by atoms with Crippen LogP contribution >= 0.6 is 0 Å². The van der Waals surface area contributed by atoms with Crippen molar-refractivity contribution in [3.8, 4) is 0 Å². The van der Waals surface area contributed by atoms with Crippen molar-refractivity contribution in [1.29, 1.82) is 0 Å². The third-order valence-electron chi connectivity index (χ3n) is 0.214. The molecule has 2 nitrogen and oxygen atoms in total. The summed E-state index contributed by atoms with van der Waals surface area (Å²) in [6.45, 7) is 1.34. The van der Waals surface area contributed by atoms with E-state index in [1.807, 2.05) is 0 Å². The Bertz CT molecular complexity index is 101. The summed E-state index contributed by atoms with van der Waals surface area (Å²) in [6.07, 6.45) is 0. The second-order valence-electron chi connectivity index (χ2n) is 0.825. The molecule has 0 spiro atoms. The molecule has 0 atom stereocenters. The summed E-state index contributed by atoms with van der Waals surface area (Å²) < 4.78 is 9.38. The van der Waals surface area contributed by atoms with Gasteiger partial charge in [-0.15, -0.1) is 0 Å². The summed E-state index contributed by atoms with van der Waals surface area (Å²) in [5, 5.41) is 1.01. The molecule has 0 aliphatic heterocycles. The molecule has 0 fully saturated rings. The van der Waals surface area contributed by atoms with Crippen LogP contribution < -0.4 is 0 Å². The molecule has 0 radical (unpaired) electrons. The maximum Gasteiger partial charge on any atom is 0.165 e. The molecular formula is C3H4O2S. The fourth-order valence-corrected chi connectivity index (χ4v) is 0.203. The second-order valence-corrected chi connectivity index (χ2v) is 1.25. The van der Waals surface area contributed by atoms with E-state index in [0.717, 1.165) is 5.37 Å². The Morgan fingerprint density at radius 3 is 2.33 bits per heavy atom. The van der Waals surface area contributed by atoms with Crippen molar-refractivity contribution in [2.45, 2.75) is 6.92 Å².